The minimum Gasteiger partial charge on any atom is -0.325 e. The van der Waals surface area contributed by atoms with Crippen LogP contribution in [0.4, 0.5) is 5.69 Å². The molecule has 1 heterocycles. The Hall–Kier alpha value is -1.94. The number of pyridine rings is 1. The van der Waals surface area contributed by atoms with Gasteiger partial charge in [0.15, 0.2) is 0 Å². The van der Waals surface area contributed by atoms with E-state index in [1.807, 2.05) is 24.3 Å². The first-order valence-electron chi connectivity index (χ1n) is 6.83. The zero-order valence-electron chi connectivity index (χ0n) is 12.2. The number of carbonyl (C=O) groups excluding carboxylic acids is 1. The number of fused-ring (bicyclic) bond motifs is 1. The summed E-state index contributed by atoms with van der Waals surface area (Å²) in [5.41, 5.74) is 0.872. The monoisotopic (exact) mass is 271 g/mol. The number of nitrogens with one attached hydrogen (secondary N) is 2. The Morgan fingerprint density at radius 3 is 2.80 bits per heavy atom. The number of hydrogen-bond acceptors (Lipinski definition) is 3. The molecule has 0 aliphatic heterocycles. The average molecular weight is 271 g/mol. The Labute approximate surface area is 119 Å². The maximum absolute atomic E-state index is 12.0. The van der Waals surface area contributed by atoms with Gasteiger partial charge >= 0.3 is 0 Å². The minimum absolute atomic E-state index is 0.0195. The van der Waals surface area contributed by atoms with Crippen molar-refractivity contribution in [3.05, 3.63) is 36.7 Å². The molecule has 4 nitrogen and oxygen atoms in total. The van der Waals surface area contributed by atoms with Crippen LogP contribution in [0.2, 0.25) is 0 Å². The van der Waals surface area contributed by atoms with Crippen molar-refractivity contribution >= 4 is 22.4 Å². The second-order valence-electron chi connectivity index (χ2n) is 5.88. The summed E-state index contributed by atoms with van der Waals surface area (Å²) < 4.78 is 0. The molecule has 2 aromatic rings. The van der Waals surface area contributed by atoms with Gasteiger partial charge in [-0.1, -0.05) is 12.1 Å². The van der Waals surface area contributed by atoms with Crippen molar-refractivity contribution in [2.75, 3.05) is 11.9 Å². The molecule has 1 aromatic heterocycles. The first-order chi connectivity index (χ1) is 9.46. The topological polar surface area (TPSA) is 54.0 Å². The zero-order valence-corrected chi connectivity index (χ0v) is 12.2. The molecule has 0 spiro atoms. The molecular formula is C16H21N3O. The van der Waals surface area contributed by atoms with E-state index in [-0.39, 0.29) is 11.4 Å². The highest BCUT2D eigenvalue weighted by Crippen LogP contribution is 2.22. The van der Waals surface area contributed by atoms with E-state index in [4.69, 9.17) is 0 Å². The third-order valence-corrected chi connectivity index (χ3v) is 2.96. The summed E-state index contributed by atoms with van der Waals surface area (Å²) in [6, 6.07) is 7.74. The van der Waals surface area contributed by atoms with Crippen LogP contribution in [0.25, 0.3) is 10.8 Å². The van der Waals surface area contributed by atoms with E-state index in [0.29, 0.717) is 13.0 Å². The summed E-state index contributed by atoms with van der Waals surface area (Å²) >= 11 is 0. The molecule has 0 bridgehead atoms. The Morgan fingerprint density at radius 2 is 2.05 bits per heavy atom. The van der Waals surface area contributed by atoms with Gasteiger partial charge in [-0.05, 0) is 32.9 Å². The predicted molar refractivity (Wildman–Crippen MR) is 82.7 cm³/mol. The van der Waals surface area contributed by atoms with Gasteiger partial charge in [-0.3, -0.25) is 9.78 Å². The quantitative estimate of drug-likeness (QED) is 0.899. The lowest BCUT2D eigenvalue weighted by molar-refractivity contribution is -0.116. The van der Waals surface area contributed by atoms with Crippen LogP contribution >= 0.6 is 0 Å². The van der Waals surface area contributed by atoms with Crippen molar-refractivity contribution in [1.82, 2.24) is 10.3 Å². The van der Waals surface area contributed by atoms with Gasteiger partial charge in [-0.25, -0.2) is 0 Å². The lowest BCUT2D eigenvalue weighted by Gasteiger charge is -2.20. The van der Waals surface area contributed by atoms with E-state index >= 15 is 0 Å². The van der Waals surface area contributed by atoms with Crippen molar-refractivity contribution in [2.24, 2.45) is 0 Å². The first-order valence-corrected chi connectivity index (χ1v) is 6.83. The van der Waals surface area contributed by atoms with Gasteiger partial charge in [0.25, 0.3) is 0 Å². The minimum atomic E-state index is 0.0195. The maximum Gasteiger partial charge on any atom is 0.225 e. The number of rotatable bonds is 4. The maximum atomic E-state index is 12.0. The summed E-state index contributed by atoms with van der Waals surface area (Å²) in [7, 11) is 0. The second-order valence-corrected chi connectivity index (χ2v) is 5.88. The van der Waals surface area contributed by atoms with E-state index in [1.165, 1.54) is 0 Å². The highest BCUT2D eigenvalue weighted by molar-refractivity contribution is 6.01. The van der Waals surface area contributed by atoms with Crippen molar-refractivity contribution in [3.63, 3.8) is 0 Å². The standard InChI is InChI=1S/C16H21N3O/c1-16(2,3)18-10-8-15(20)19-14-6-4-5-12-11-17-9-7-13(12)14/h4-7,9,11,18H,8,10H2,1-3H3,(H,19,20). The van der Waals surface area contributed by atoms with E-state index in [0.717, 1.165) is 16.5 Å². The normalized spacial score (nSPS) is 11.6. The van der Waals surface area contributed by atoms with E-state index < -0.39 is 0 Å². The van der Waals surface area contributed by atoms with Crippen LogP contribution in [0.3, 0.4) is 0 Å². The largest absolute Gasteiger partial charge is 0.325 e. The molecule has 0 fully saturated rings. The summed E-state index contributed by atoms with van der Waals surface area (Å²) in [4.78, 5) is 16.1. The summed E-state index contributed by atoms with van der Waals surface area (Å²) in [6.45, 7) is 6.93. The fourth-order valence-corrected chi connectivity index (χ4v) is 2.00. The Morgan fingerprint density at radius 1 is 1.25 bits per heavy atom. The van der Waals surface area contributed by atoms with E-state index in [2.05, 4.69) is 36.4 Å². The predicted octanol–water partition coefficient (Wildman–Crippen LogP) is 2.95. The van der Waals surface area contributed by atoms with Gasteiger partial charge in [0, 0.05) is 47.4 Å². The number of hydrogen-bond donors (Lipinski definition) is 2. The molecule has 0 atom stereocenters. The van der Waals surface area contributed by atoms with Crippen molar-refractivity contribution in [3.8, 4) is 0 Å². The molecule has 4 heteroatoms. The molecule has 2 N–H and O–H groups in total. The van der Waals surface area contributed by atoms with Crippen LogP contribution in [0.15, 0.2) is 36.7 Å². The molecule has 0 radical (unpaired) electrons. The van der Waals surface area contributed by atoms with Crippen LogP contribution in [0.5, 0.6) is 0 Å². The van der Waals surface area contributed by atoms with Crippen molar-refractivity contribution < 1.29 is 4.79 Å². The third kappa shape index (κ3) is 4.03. The van der Waals surface area contributed by atoms with E-state index in [1.54, 1.807) is 12.4 Å². The number of nitrogens with zero attached hydrogens (tertiary/aromatic N) is 1. The van der Waals surface area contributed by atoms with Gasteiger partial charge < -0.3 is 10.6 Å². The van der Waals surface area contributed by atoms with Crippen LogP contribution in [0.1, 0.15) is 27.2 Å². The summed E-state index contributed by atoms with van der Waals surface area (Å²) in [5.74, 6) is 0.0195. The molecule has 106 valence electrons. The molecular weight excluding hydrogens is 250 g/mol. The van der Waals surface area contributed by atoms with Gasteiger partial charge in [-0.2, -0.15) is 0 Å². The van der Waals surface area contributed by atoms with Crippen LogP contribution in [-0.4, -0.2) is 23.0 Å². The smallest absolute Gasteiger partial charge is 0.225 e. The molecule has 0 aliphatic rings. The molecule has 2 rings (SSSR count). The van der Waals surface area contributed by atoms with Crippen molar-refractivity contribution in [1.29, 1.82) is 0 Å². The Bertz CT molecular complexity index is 597. The lowest BCUT2D eigenvalue weighted by atomic mass is 10.1. The number of anilines is 1. The zero-order chi connectivity index (χ0) is 14.6. The molecule has 0 aliphatic carbocycles. The average Bonchev–Trinajstić information content (AvgIpc) is 2.37. The molecule has 0 saturated heterocycles. The fraction of sp³-hybridized carbons (Fsp3) is 0.375. The van der Waals surface area contributed by atoms with Gasteiger partial charge in [0.1, 0.15) is 0 Å². The number of amides is 1. The Kier molecular flexibility index (Phi) is 4.35. The third-order valence-electron chi connectivity index (χ3n) is 2.96. The summed E-state index contributed by atoms with van der Waals surface area (Å²) in [6.07, 6.45) is 3.99. The molecule has 1 amide bonds. The van der Waals surface area contributed by atoms with Crippen LogP contribution in [0, 0.1) is 0 Å². The summed E-state index contributed by atoms with van der Waals surface area (Å²) in [5, 5.41) is 8.31. The SMILES string of the molecule is CC(C)(C)NCCC(=O)Nc1cccc2cnccc12. The van der Waals surface area contributed by atoms with Gasteiger partial charge in [0.05, 0.1) is 0 Å². The molecule has 0 saturated carbocycles. The Balaban J connectivity index is 2.00. The second kappa shape index (κ2) is 6.01. The van der Waals surface area contributed by atoms with Crippen molar-refractivity contribution in [2.45, 2.75) is 32.7 Å². The molecule has 20 heavy (non-hydrogen) atoms. The molecule has 1 aromatic carbocycles. The number of aromatic nitrogens is 1. The number of carbonyl (C=O) groups is 1. The van der Waals surface area contributed by atoms with Gasteiger partial charge in [0.2, 0.25) is 5.91 Å². The van der Waals surface area contributed by atoms with Crippen LogP contribution in [-0.2, 0) is 4.79 Å². The highest BCUT2D eigenvalue weighted by Gasteiger charge is 2.10. The van der Waals surface area contributed by atoms with E-state index in [9.17, 15) is 4.79 Å². The molecule has 0 unspecified atom stereocenters. The first kappa shape index (κ1) is 14.5. The lowest BCUT2D eigenvalue weighted by Crippen LogP contribution is -2.37. The highest BCUT2D eigenvalue weighted by atomic mass is 16.1. The fourth-order valence-electron chi connectivity index (χ4n) is 2.00. The van der Waals surface area contributed by atoms with Crippen LogP contribution < -0.4 is 10.6 Å². The van der Waals surface area contributed by atoms with Gasteiger partial charge in [-0.15, -0.1) is 0 Å². The number of benzene rings is 1.